The third-order valence-electron chi connectivity index (χ3n) is 3.48. The van der Waals surface area contributed by atoms with Gasteiger partial charge >= 0.3 is 0 Å². The van der Waals surface area contributed by atoms with Crippen LogP contribution in [0.1, 0.15) is 27.2 Å². The van der Waals surface area contributed by atoms with Gasteiger partial charge in [0.15, 0.2) is 0 Å². The monoisotopic (exact) mass is 349 g/mol. The Bertz CT molecular complexity index is 639. The van der Waals surface area contributed by atoms with Gasteiger partial charge in [0.2, 0.25) is 11.8 Å². The molecule has 0 aliphatic heterocycles. The van der Waals surface area contributed by atoms with E-state index >= 15 is 0 Å². The van der Waals surface area contributed by atoms with Gasteiger partial charge in [-0.25, -0.2) is 0 Å². The molecule has 0 bridgehead atoms. The predicted molar refractivity (Wildman–Crippen MR) is 94.2 cm³/mol. The van der Waals surface area contributed by atoms with Crippen molar-refractivity contribution in [1.82, 2.24) is 15.1 Å². The summed E-state index contributed by atoms with van der Waals surface area (Å²) >= 11 is 1.40. The van der Waals surface area contributed by atoms with Crippen LogP contribution in [0.15, 0.2) is 33.9 Å². The summed E-state index contributed by atoms with van der Waals surface area (Å²) < 4.78 is 11.0. The van der Waals surface area contributed by atoms with E-state index < -0.39 is 0 Å². The Balaban J connectivity index is 1.88. The van der Waals surface area contributed by atoms with Gasteiger partial charge in [-0.15, -0.1) is 10.2 Å². The van der Waals surface area contributed by atoms with E-state index in [1.54, 1.807) is 0 Å². The van der Waals surface area contributed by atoms with Crippen LogP contribution in [0.5, 0.6) is 5.75 Å². The van der Waals surface area contributed by atoms with Crippen LogP contribution in [0.2, 0.25) is 0 Å². The van der Waals surface area contributed by atoms with Gasteiger partial charge in [-0.3, -0.25) is 4.79 Å². The van der Waals surface area contributed by atoms with Crippen molar-refractivity contribution in [3.05, 3.63) is 24.3 Å². The fraction of sp³-hybridized carbons (Fsp3) is 0.471. The van der Waals surface area contributed by atoms with Gasteiger partial charge in [0, 0.05) is 30.8 Å². The molecule has 1 heterocycles. The summed E-state index contributed by atoms with van der Waals surface area (Å²) in [5.41, 5.74) is 0.844. The molecule has 0 aliphatic carbocycles. The molecular weight excluding hydrogens is 326 g/mol. The molecule has 0 saturated carbocycles. The van der Waals surface area contributed by atoms with Gasteiger partial charge in [-0.1, -0.05) is 11.8 Å². The van der Waals surface area contributed by atoms with E-state index in [9.17, 15) is 4.79 Å². The summed E-state index contributed by atoms with van der Waals surface area (Å²) in [5.74, 6) is 2.06. The fourth-order valence-corrected chi connectivity index (χ4v) is 2.89. The van der Waals surface area contributed by atoms with E-state index in [4.69, 9.17) is 9.15 Å². The van der Waals surface area contributed by atoms with Crippen molar-refractivity contribution in [3.8, 4) is 17.2 Å². The molecule has 7 heteroatoms. The Kier molecular flexibility index (Phi) is 7.11. The highest BCUT2D eigenvalue weighted by Gasteiger charge is 2.12. The molecule has 0 fully saturated rings. The van der Waals surface area contributed by atoms with Crippen LogP contribution in [-0.4, -0.2) is 46.5 Å². The van der Waals surface area contributed by atoms with Crippen molar-refractivity contribution >= 4 is 17.7 Å². The minimum Gasteiger partial charge on any atom is -0.494 e. The first-order valence-corrected chi connectivity index (χ1v) is 9.13. The van der Waals surface area contributed by atoms with Gasteiger partial charge in [-0.05, 0) is 45.0 Å². The number of amides is 1. The molecular formula is C17H23N3O3S. The number of carbonyl (C=O) groups excluding carboxylic acids is 1. The molecule has 0 saturated heterocycles. The quantitative estimate of drug-likeness (QED) is 0.646. The lowest BCUT2D eigenvalue weighted by Gasteiger charge is -2.17. The maximum absolute atomic E-state index is 11.9. The standard InChI is InChI=1S/C17H23N3O3S/c1-4-20(5-2)15(21)11-12-24-17-19-18-16(23-17)13-7-9-14(10-8-13)22-6-3/h7-10H,4-6,11-12H2,1-3H3. The maximum atomic E-state index is 11.9. The van der Waals surface area contributed by atoms with Crippen LogP contribution in [0.3, 0.4) is 0 Å². The number of nitrogens with zero attached hydrogens (tertiary/aromatic N) is 3. The second-order valence-electron chi connectivity index (χ2n) is 5.00. The average Bonchev–Trinajstić information content (AvgIpc) is 3.06. The first kappa shape index (κ1) is 18.3. The van der Waals surface area contributed by atoms with Gasteiger partial charge in [0.25, 0.3) is 5.22 Å². The summed E-state index contributed by atoms with van der Waals surface area (Å²) in [7, 11) is 0. The van der Waals surface area contributed by atoms with Crippen molar-refractivity contribution in [3.63, 3.8) is 0 Å². The number of carbonyl (C=O) groups is 1. The van der Waals surface area contributed by atoms with E-state index in [2.05, 4.69) is 10.2 Å². The fourth-order valence-electron chi connectivity index (χ4n) is 2.21. The van der Waals surface area contributed by atoms with Crippen LogP contribution in [0.25, 0.3) is 11.5 Å². The van der Waals surface area contributed by atoms with Crippen LogP contribution in [-0.2, 0) is 4.79 Å². The number of aromatic nitrogens is 2. The summed E-state index contributed by atoms with van der Waals surface area (Å²) in [5, 5.41) is 8.56. The molecule has 24 heavy (non-hydrogen) atoms. The summed E-state index contributed by atoms with van der Waals surface area (Å²) in [6.07, 6.45) is 0.465. The van der Waals surface area contributed by atoms with Gasteiger partial charge in [0.1, 0.15) is 5.75 Å². The van der Waals surface area contributed by atoms with Gasteiger partial charge < -0.3 is 14.1 Å². The number of thioether (sulfide) groups is 1. The molecule has 2 rings (SSSR count). The summed E-state index contributed by atoms with van der Waals surface area (Å²) in [6.45, 7) is 8.02. The highest BCUT2D eigenvalue weighted by Crippen LogP contribution is 2.25. The molecule has 0 spiro atoms. The van der Waals surface area contributed by atoms with Crippen LogP contribution >= 0.6 is 11.8 Å². The Morgan fingerprint density at radius 2 is 1.88 bits per heavy atom. The Morgan fingerprint density at radius 1 is 1.17 bits per heavy atom. The number of ether oxygens (including phenoxy) is 1. The molecule has 0 aliphatic rings. The SMILES string of the molecule is CCOc1ccc(-c2nnc(SCCC(=O)N(CC)CC)o2)cc1. The predicted octanol–water partition coefficient (Wildman–Crippen LogP) is 3.49. The molecule has 0 radical (unpaired) electrons. The smallest absolute Gasteiger partial charge is 0.276 e. The number of hydrogen-bond donors (Lipinski definition) is 0. The van der Waals surface area contributed by atoms with E-state index in [1.807, 2.05) is 49.9 Å². The molecule has 0 N–H and O–H groups in total. The third-order valence-corrected chi connectivity index (χ3v) is 4.30. The average molecular weight is 349 g/mol. The third kappa shape index (κ3) is 4.99. The van der Waals surface area contributed by atoms with Crippen molar-refractivity contribution in [2.24, 2.45) is 0 Å². The molecule has 1 amide bonds. The minimum atomic E-state index is 0.152. The second-order valence-corrected chi connectivity index (χ2v) is 6.04. The molecule has 2 aromatic rings. The highest BCUT2D eigenvalue weighted by atomic mass is 32.2. The first-order valence-electron chi connectivity index (χ1n) is 8.15. The van der Waals surface area contributed by atoms with Crippen LogP contribution in [0, 0.1) is 0 Å². The van der Waals surface area contributed by atoms with Crippen molar-refractivity contribution in [1.29, 1.82) is 0 Å². The Labute approximate surface area is 146 Å². The van der Waals surface area contributed by atoms with E-state index in [1.165, 1.54) is 11.8 Å². The van der Waals surface area contributed by atoms with Crippen LogP contribution < -0.4 is 4.74 Å². The lowest BCUT2D eigenvalue weighted by atomic mass is 10.2. The molecule has 1 aromatic carbocycles. The Morgan fingerprint density at radius 3 is 2.50 bits per heavy atom. The van der Waals surface area contributed by atoms with Gasteiger partial charge in [0.05, 0.1) is 6.61 Å². The molecule has 6 nitrogen and oxygen atoms in total. The van der Waals surface area contributed by atoms with E-state index in [-0.39, 0.29) is 5.91 Å². The topological polar surface area (TPSA) is 68.5 Å². The van der Waals surface area contributed by atoms with Crippen molar-refractivity contribution in [2.45, 2.75) is 32.4 Å². The van der Waals surface area contributed by atoms with Crippen molar-refractivity contribution < 1.29 is 13.9 Å². The largest absolute Gasteiger partial charge is 0.494 e. The zero-order chi connectivity index (χ0) is 17.4. The van der Waals surface area contributed by atoms with E-state index in [0.717, 1.165) is 24.4 Å². The molecule has 0 unspecified atom stereocenters. The molecule has 130 valence electrons. The van der Waals surface area contributed by atoms with Gasteiger partial charge in [-0.2, -0.15) is 0 Å². The molecule has 0 atom stereocenters. The normalized spacial score (nSPS) is 10.6. The number of rotatable bonds is 9. The lowest BCUT2D eigenvalue weighted by molar-refractivity contribution is -0.130. The number of benzene rings is 1. The highest BCUT2D eigenvalue weighted by molar-refractivity contribution is 7.99. The zero-order valence-corrected chi connectivity index (χ0v) is 15.1. The minimum absolute atomic E-state index is 0.152. The van der Waals surface area contributed by atoms with E-state index in [0.29, 0.717) is 29.9 Å². The second kappa shape index (κ2) is 9.32. The summed E-state index contributed by atoms with van der Waals surface area (Å²) in [6, 6.07) is 7.52. The lowest BCUT2D eigenvalue weighted by Crippen LogP contribution is -2.30. The first-order chi connectivity index (χ1) is 11.7. The zero-order valence-electron chi connectivity index (χ0n) is 14.3. The van der Waals surface area contributed by atoms with Crippen molar-refractivity contribution in [2.75, 3.05) is 25.4 Å². The summed E-state index contributed by atoms with van der Waals surface area (Å²) in [4.78, 5) is 13.8. The number of hydrogen-bond acceptors (Lipinski definition) is 6. The Hall–Kier alpha value is -2.02. The maximum Gasteiger partial charge on any atom is 0.276 e. The van der Waals surface area contributed by atoms with Crippen LogP contribution in [0.4, 0.5) is 0 Å². The molecule has 1 aromatic heterocycles.